The first kappa shape index (κ1) is 22.8. The van der Waals surface area contributed by atoms with E-state index in [-0.39, 0.29) is 0 Å². The van der Waals surface area contributed by atoms with Crippen LogP contribution in [-0.2, 0) is 13.1 Å². The Hall–Kier alpha value is -4.97. The highest BCUT2D eigenvalue weighted by Crippen LogP contribution is 2.29. The summed E-state index contributed by atoms with van der Waals surface area (Å²) < 4.78 is 10.8. The van der Waals surface area contributed by atoms with Gasteiger partial charge in [0.05, 0.1) is 37.2 Å². The molecule has 0 radical (unpaired) electrons. The van der Waals surface area contributed by atoms with E-state index in [1.54, 1.807) is 31.3 Å². The van der Waals surface area contributed by atoms with E-state index < -0.39 is 0 Å². The van der Waals surface area contributed by atoms with Crippen molar-refractivity contribution in [1.82, 2.24) is 25.0 Å². The van der Waals surface area contributed by atoms with Crippen molar-refractivity contribution in [3.05, 3.63) is 89.7 Å². The molecule has 0 aliphatic rings. The van der Waals surface area contributed by atoms with E-state index in [0.717, 1.165) is 16.8 Å². The second-order valence-corrected chi connectivity index (χ2v) is 8.00. The molecular formula is C27H23N7O2. The van der Waals surface area contributed by atoms with Gasteiger partial charge in [-0.15, -0.1) is 5.10 Å². The molecule has 3 aromatic heterocycles. The minimum atomic E-state index is 0.431. The second-order valence-electron chi connectivity index (χ2n) is 8.00. The van der Waals surface area contributed by atoms with Crippen molar-refractivity contribution in [3.63, 3.8) is 0 Å². The van der Waals surface area contributed by atoms with Crippen molar-refractivity contribution < 1.29 is 9.47 Å². The number of pyridine rings is 2. The highest BCUT2D eigenvalue weighted by Gasteiger charge is 2.15. The number of anilines is 1. The van der Waals surface area contributed by atoms with E-state index in [9.17, 15) is 5.26 Å². The van der Waals surface area contributed by atoms with Crippen LogP contribution in [0.15, 0.2) is 72.9 Å². The van der Waals surface area contributed by atoms with Crippen molar-refractivity contribution in [2.75, 3.05) is 19.5 Å². The van der Waals surface area contributed by atoms with E-state index in [1.807, 2.05) is 60.7 Å². The smallest absolute Gasteiger partial charge is 0.157 e. The first-order valence-electron chi connectivity index (χ1n) is 11.3. The van der Waals surface area contributed by atoms with Crippen LogP contribution in [0.5, 0.6) is 11.5 Å². The Morgan fingerprint density at radius 3 is 2.67 bits per heavy atom. The number of fused-ring (bicyclic) bond motifs is 1. The van der Waals surface area contributed by atoms with Crippen LogP contribution >= 0.6 is 0 Å². The first-order valence-corrected chi connectivity index (χ1v) is 11.3. The van der Waals surface area contributed by atoms with Crippen LogP contribution in [0.2, 0.25) is 0 Å². The molecule has 0 atom stereocenters. The summed E-state index contributed by atoms with van der Waals surface area (Å²) in [6, 6.07) is 22.8. The Balaban J connectivity index is 1.54. The largest absolute Gasteiger partial charge is 0.497 e. The molecule has 0 fully saturated rings. The molecule has 0 unspecified atom stereocenters. The molecule has 36 heavy (non-hydrogen) atoms. The quantitative estimate of drug-likeness (QED) is 0.349. The molecule has 9 heteroatoms. The number of hydrogen-bond donors (Lipinski definition) is 1. The number of hydrogen-bond acceptors (Lipinski definition) is 8. The van der Waals surface area contributed by atoms with Gasteiger partial charge in [0.2, 0.25) is 0 Å². The molecule has 0 saturated carbocycles. The summed E-state index contributed by atoms with van der Waals surface area (Å²) in [5.41, 5.74) is 5.18. The van der Waals surface area contributed by atoms with Crippen LogP contribution in [0, 0.1) is 11.3 Å². The number of nitrogens with one attached hydrogen (secondary N) is 1. The van der Waals surface area contributed by atoms with Gasteiger partial charge in [0.25, 0.3) is 0 Å². The highest BCUT2D eigenvalue weighted by molar-refractivity contribution is 5.88. The number of aromatic nitrogens is 5. The van der Waals surface area contributed by atoms with Gasteiger partial charge >= 0.3 is 0 Å². The molecule has 3 heterocycles. The maximum atomic E-state index is 9.34. The summed E-state index contributed by atoms with van der Waals surface area (Å²) in [5.74, 6) is 2.00. The zero-order valence-electron chi connectivity index (χ0n) is 19.8. The lowest BCUT2D eigenvalue weighted by molar-refractivity contribution is 0.391. The molecule has 0 aliphatic carbocycles. The molecule has 0 aliphatic heterocycles. The fourth-order valence-electron chi connectivity index (χ4n) is 3.87. The third-order valence-electron chi connectivity index (χ3n) is 5.67. The summed E-state index contributed by atoms with van der Waals surface area (Å²) in [4.78, 5) is 10.8. The normalized spacial score (nSPS) is 10.7. The fourth-order valence-corrected chi connectivity index (χ4v) is 3.87. The van der Waals surface area contributed by atoms with Gasteiger partial charge in [-0.25, -0.2) is 4.98 Å². The maximum Gasteiger partial charge on any atom is 0.157 e. The molecular weight excluding hydrogens is 454 g/mol. The van der Waals surface area contributed by atoms with Crippen LogP contribution in [0.3, 0.4) is 0 Å². The second kappa shape index (κ2) is 10.1. The third kappa shape index (κ3) is 4.79. The molecule has 178 valence electrons. The number of nitriles is 1. The lowest BCUT2D eigenvalue weighted by Crippen LogP contribution is -2.06. The van der Waals surface area contributed by atoms with Crippen LogP contribution in [0.4, 0.5) is 5.82 Å². The Labute approximate surface area is 208 Å². The number of benzene rings is 2. The van der Waals surface area contributed by atoms with Crippen molar-refractivity contribution in [1.29, 1.82) is 5.26 Å². The minimum Gasteiger partial charge on any atom is -0.497 e. The third-order valence-corrected chi connectivity index (χ3v) is 5.67. The first-order chi connectivity index (χ1) is 17.7. The van der Waals surface area contributed by atoms with Gasteiger partial charge in [-0.05, 0) is 42.5 Å². The number of rotatable bonds is 8. The molecule has 5 aromatic rings. The fraction of sp³-hybridized carbons (Fsp3) is 0.148. The van der Waals surface area contributed by atoms with Crippen molar-refractivity contribution in [2.24, 2.45) is 0 Å². The Kier molecular flexibility index (Phi) is 6.40. The molecule has 5 rings (SSSR count). The minimum absolute atomic E-state index is 0.431. The monoisotopic (exact) mass is 477 g/mol. The highest BCUT2D eigenvalue weighted by atomic mass is 16.5. The predicted molar refractivity (Wildman–Crippen MR) is 136 cm³/mol. The average molecular weight is 478 g/mol. The van der Waals surface area contributed by atoms with E-state index in [1.165, 1.54) is 0 Å². The Bertz CT molecular complexity index is 1560. The molecule has 0 saturated heterocycles. The van der Waals surface area contributed by atoms with E-state index in [2.05, 4.69) is 21.5 Å². The zero-order valence-corrected chi connectivity index (χ0v) is 19.8. The van der Waals surface area contributed by atoms with Crippen LogP contribution in [-0.4, -0.2) is 39.2 Å². The van der Waals surface area contributed by atoms with Gasteiger partial charge in [-0.1, -0.05) is 18.2 Å². The van der Waals surface area contributed by atoms with E-state index in [0.29, 0.717) is 52.7 Å². The standard InChI is InChI=1S/C27H23N7O2/c1-35-22-10-9-20(25(13-22)36-2)16-30-27-26-24(32-34(33-26)17-21-8-3-4-11-29-21)14-23(31-27)19-7-5-6-18(12-19)15-28/h3-14H,16-17H2,1-2H3,(H,30,31). The van der Waals surface area contributed by atoms with Crippen LogP contribution in [0.25, 0.3) is 22.3 Å². The predicted octanol–water partition coefficient (Wildman–Crippen LogP) is 4.44. The van der Waals surface area contributed by atoms with Crippen molar-refractivity contribution >= 4 is 16.9 Å². The van der Waals surface area contributed by atoms with Gasteiger partial charge in [-0.3, -0.25) is 4.98 Å². The summed E-state index contributed by atoms with van der Waals surface area (Å²) in [6.07, 6.45) is 1.75. The summed E-state index contributed by atoms with van der Waals surface area (Å²) in [5, 5.41) is 22.1. The SMILES string of the molecule is COc1ccc(CNc2nc(-c3cccc(C#N)c3)cc3nn(Cc4ccccn4)nc23)c(OC)c1. The summed E-state index contributed by atoms with van der Waals surface area (Å²) in [6.45, 7) is 0.880. The van der Waals surface area contributed by atoms with E-state index >= 15 is 0 Å². The Morgan fingerprint density at radius 2 is 1.89 bits per heavy atom. The maximum absolute atomic E-state index is 9.34. The van der Waals surface area contributed by atoms with E-state index in [4.69, 9.17) is 19.6 Å². The Morgan fingerprint density at radius 1 is 0.972 bits per heavy atom. The molecule has 0 amide bonds. The number of nitrogens with zero attached hydrogens (tertiary/aromatic N) is 6. The van der Waals surface area contributed by atoms with Gasteiger partial charge in [0.15, 0.2) is 11.3 Å². The molecule has 0 spiro atoms. The van der Waals surface area contributed by atoms with Crippen molar-refractivity contribution in [3.8, 4) is 28.8 Å². The zero-order chi connectivity index (χ0) is 24.9. The summed E-state index contributed by atoms with van der Waals surface area (Å²) >= 11 is 0. The topological polar surface area (TPSA) is 111 Å². The van der Waals surface area contributed by atoms with Gasteiger partial charge in [0.1, 0.15) is 23.6 Å². The van der Waals surface area contributed by atoms with Gasteiger partial charge < -0.3 is 14.8 Å². The van der Waals surface area contributed by atoms with Crippen LogP contribution in [0.1, 0.15) is 16.8 Å². The summed E-state index contributed by atoms with van der Waals surface area (Å²) in [7, 11) is 3.25. The molecule has 1 N–H and O–H groups in total. The molecule has 9 nitrogen and oxygen atoms in total. The molecule has 0 bridgehead atoms. The molecule has 2 aromatic carbocycles. The average Bonchev–Trinajstić information content (AvgIpc) is 3.34. The number of methoxy groups -OCH3 is 2. The van der Waals surface area contributed by atoms with Gasteiger partial charge in [-0.2, -0.15) is 15.2 Å². The lowest BCUT2D eigenvalue weighted by Gasteiger charge is -2.12. The lowest BCUT2D eigenvalue weighted by atomic mass is 10.1. The van der Waals surface area contributed by atoms with Crippen molar-refractivity contribution in [2.45, 2.75) is 13.1 Å². The number of ether oxygens (including phenoxy) is 2. The van der Waals surface area contributed by atoms with Gasteiger partial charge in [0, 0.05) is 29.9 Å². The van der Waals surface area contributed by atoms with Crippen LogP contribution < -0.4 is 14.8 Å².